The topological polar surface area (TPSA) is 85.9 Å². The van der Waals surface area contributed by atoms with Crippen molar-refractivity contribution in [3.05, 3.63) is 24.4 Å². The maximum Gasteiger partial charge on any atom is 0.129 e. The van der Waals surface area contributed by atoms with Crippen LogP contribution in [0.25, 0.3) is 20.8 Å². The van der Waals surface area contributed by atoms with E-state index in [1.54, 1.807) is 17.5 Å². The van der Waals surface area contributed by atoms with Crippen LogP contribution in [0.2, 0.25) is 0 Å². The third kappa shape index (κ3) is 4.25. The molecule has 0 radical (unpaired) electrons. The van der Waals surface area contributed by atoms with Gasteiger partial charge in [-0.25, -0.2) is 4.98 Å². The molecule has 4 N–H and O–H groups in total. The summed E-state index contributed by atoms with van der Waals surface area (Å²) in [5.74, 6) is 0.877. The zero-order chi connectivity index (χ0) is 19.0. The number of fused-ring (bicyclic) bond motifs is 1. The summed E-state index contributed by atoms with van der Waals surface area (Å²) in [6, 6.07) is 6.61. The van der Waals surface area contributed by atoms with E-state index in [4.69, 9.17) is 4.98 Å². The smallest absolute Gasteiger partial charge is 0.129 e. The maximum atomic E-state index is 9.79. The fraction of sp³-hybridized carbons (Fsp3) is 0.500. The first-order valence-corrected chi connectivity index (χ1v) is 10.4. The van der Waals surface area contributed by atoms with Gasteiger partial charge in [-0.3, -0.25) is 5.10 Å². The van der Waals surface area contributed by atoms with Crippen LogP contribution in [-0.2, 0) is 0 Å². The van der Waals surface area contributed by atoms with Crippen LogP contribution in [-0.4, -0.2) is 38.0 Å². The third-order valence-corrected chi connectivity index (χ3v) is 6.00. The van der Waals surface area contributed by atoms with Gasteiger partial charge in [0.25, 0.3) is 0 Å². The molecule has 144 valence electrons. The van der Waals surface area contributed by atoms with Crippen LogP contribution < -0.4 is 10.6 Å². The van der Waals surface area contributed by atoms with Crippen molar-refractivity contribution in [3.63, 3.8) is 0 Å². The standard InChI is InChI=1S/C20H27N5OS/c1-20(2,3)24-18-11-16(22-12-4-6-13(26)7-5-12)19-15(23-18)10-17(27-19)14-8-9-21-25-14/h8-13,26H,4-7H2,1-3H3,(H,21,25)(H2,22,23,24). The number of aliphatic hydroxyl groups excluding tert-OH is 1. The highest BCUT2D eigenvalue weighted by Gasteiger charge is 2.21. The quantitative estimate of drug-likeness (QED) is 0.527. The second kappa shape index (κ2) is 7.13. The molecule has 3 aromatic heterocycles. The van der Waals surface area contributed by atoms with Crippen molar-refractivity contribution in [2.45, 2.75) is 64.1 Å². The van der Waals surface area contributed by atoms with Crippen LogP contribution in [0.15, 0.2) is 24.4 Å². The molecule has 0 aliphatic heterocycles. The predicted octanol–water partition coefficient (Wildman–Crippen LogP) is 4.61. The number of thiophene rings is 1. The van der Waals surface area contributed by atoms with E-state index in [0.717, 1.165) is 58.0 Å². The van der Waals surface area contributed by atoms with Gasteiger partial charge in [-0.15, -0.1) is 11.3 Å². The van der Waals surface area contributed by atoms with Crippen LogP contribution in [0.3, 0.4) is 0 Å². The molecule has 6 nitrogen and oxygen atoms in total. The second-order valence-corrected chi connectivity index (χ2v) is 9.43. The summed E-state index contributed by atoms with van der Waals surface area (Å²) in [5, 5.41) is 24.1. The third-order valence-electron chi connectivity index (χ3n) is 4.80. The van der Waals surface area contributed by atoms with Crippen molar-refractivity contribution in [2.75, 3.05) is 10.6 Å². The number of aliphatic hydroxyl groups is 1. The van der Waals surface area contributed by atoms with E-state index in [-0.39, 0.29) is 11.6 Å². The van der Waals surface area contributed by atoms with Crippen LogP contribution in [0, 0.1) is 0 Å². The number of pyridine rings is 1. The number of hydrogen-bond acceptors (Lipinski definition) is 6. The summed E-state index contributed by atoms with van der Waals surface area (Å²) < 4.78 is 1.16. The Morgan fingerprint density at radius 2 is 1.96 bits per heavy atom. The summed E-state index contributed by atoms with van der Waals surface area (Å²) in [5.41, 5.74) is 3.05. The lowest BCUT2D eigenvalue weighted by atomic mass is 9.93. The van der Waals surface area contributed by atoms with Gasteiger partial charge in [0.15, 0.2) is 0 Å². The first-order valence-electron chi connectivity index (χ1n) is 9.54. The first kappa shape index (κ1) is 18.3. The molecule has 0 spiro atoms. The molecule has 1 aliphatic rings. The maximum absolute atomic E-state index is 9.79. The molecular weight excluding hydrogens is 358 g/mol. The number of H-pyrrole nitrogens is 1. The molecule has 3 heterocycles. The molecular formula is C20H27N5OS. The van der Waals surface area contributed by atoms with Crippen molar-refractivity contribution in [2.24, 2.45) is 0 Å². The monoisotopic (exact) mass is 385 g/mol. The van der Waals surface area contributed by atoms with Gasteiger partial charge in [0.1, 0.15) is 5.82 Å². The van der Waals surface area contributed by atoms with E-state index >= 15 is 0 Å². The Labute approximate surface area is 163 Å². The Morgan fingerprint density at radius 3 is 2.63 bits per heavy atom. The molecule has 3 aromatic rings. The van der Waals surface area contributed by atoms with E-state index < -0.39 is 0 Å². The lowest BCUT2D eigenvalue weighted by Gasteiger charge is -2.28. The Hall–Kier alpha value is -2.12. The number of rotatable bonds is 4. The van der Waals surface area contributed by atoms with Crippen molar-refractivity contribution in [3.8, 4) is 10.6 Å². The van der Waals surface area contributed by atoms with E-state index in [1.165, 1.54) is 0 Å². The minimum absolute atomic E-state index is 0.0604. The summed E-state index contributed by atoms with van der Waals surface area (Å²) in [6.07, 6.45) is 5.34. The normalized spacial score (nSPS) is 20.7. The van der Waals surface area contributed by atoms with Gasteiger partial charge in [-0.2, -0.15) is 5.10 Å². The first-order chi connectivity index (χ1) is 12.9. The van der Waals surface area contributed by atoms with Crippen molar-refractivity contribution in [1.82, 2.24) is 15.2 Å². The SMILES string of the molecule is CC(C)(C)Nc1cc(NC2CCC(O)CC2)c2sc(-c3ccn[nH]3)cc2n1. The highest BCUT2D eigenvalue weighted by molar-refractivity contribution is 7.22. The average molecular weight is 386 g/mol. The average Bonchev–Trinajstić information content (AvgIpc) is 3.24. The Morgan fingerprint density at radius 1 is 1.19 bits per heavy atom. The molecule has 1 aliphatic carbocycles. The second-order valence-electron chi connectivity index (χ2n) is 8.38. The number of nitrogens with zero attached hydrogens (tertiary/aromatic N) is 2. The lowest BCUT2D eigenvalue weighted by molar-refractivity contribution is 0.126. The van der Waals surface area contributed by atoms with Crippen LogP contribution in [0.4, 0.5) is 11.5 Å². The Bertz CT molecular complexity index is 904. The molecule has 1 saturated carbocycles. The minimum Gasteiger partial charge on any atom is -0.393 e. The van der Waals surface area contributed by atoms with Gasteiger partial charge in [0, 0.05) is 23.8 Å². The lowest BCUT2D eigenvalue weighted by Crippen LogP contribution is -2.29. The van der Waals surface area contributed by atoms with Crippen LogP contribution >= 0.6 is 11.3 Å². The summed E-state index contributed by atoms with van der Waals surface area (Å²) in [7, 11) is 0. The fourth-order valence-corrected chi connectivity index (χ4v) is 4.59. The van der Waals surface area contributed by atoms with Crippen molar-refractivity contribution < 1.29 is 5.11 Å². The molecule has 0 aromatic carbocycles. The molecule has 27 heavy (non-hydrogen) atoms. The molecule has 0 amide bonds. The molecule has 0 bridgehead atoms. The highest BCUT2D eigenvalue weighted by atomic mass is 32.1. The number of nitrogens with one attached hydrogen (secondary N) is 3. The van der Waals surface area contributed by atoms with Crippen molar-refractivity contribution >= 4 is 33.1 Å². The molecule has 1 fully saturated rings. The molecule has 7 heteroatoms. The minimum atomic E-state index is -0.146. The number of hydrogen-bond donors (Lipinski definition) is 4. The zero-order valence-corrected chi connectivity index (χ0v) is 16.9. The van der Waals surface area contributed by atoms with E-state index in [0.29, 0.717) is 6.04 Å². The van der Waals surface area contributed by atoms with E-state index in [9.17, 15) is 5.11 Å². The molecule has 4 rings (SSSR count). The fourth-order valence-electron chi connectivity index (χ4n) is 3.54. The van der Waals surface area contributed by atoms with Gasteiger partial charge < -0.3 is 15.7 Å². The Kier molecular flexibility index (Phi) is 4.82. The summed E-state index contributed by atoms with van der Waals surface area (Å²) in [6.45, 7) is 6.41. The van der Waals surface area contributed by atoms with Gasteiger partial charge in [0.05, 0.1) is 32.6 Å². The number of aromatic nitrogens is 3. The van der Waals surface area contributed by atoms with Gasteiger partial charge in [-0.05, 0) is 58.6 Å². The van der Waals surface area contributed by atoms with Gasteiger partial charge in [-0.1, -0.05) is 0 Å². The molecule has 0 saturated heterocycles. The molecule has 0 atom stereocenters. The largest absolute Gasteiger partial charge is 0.393 e. The van der Waals surface area contributed by atoms with Crippen molar-refractivity contribution in [1.29, 1.82) is 0 Å². The molecule has 0 unspecified atom stereocenters. The highest BCUT2D eigenvalue weighted by Crippen LogP contribution is 2.38. The Balaban J connectivity index is 1.71. The summed E-state index contributed by atoms with van der Waals surface area (Å²) >= 11 is 1.72. The predicted molar refractivity (Wildman–Crippen MR) is 112 cm³/mol. The van der Waals surface area contributed by atoms with Gasteiger partial charge in [0.2, 0.25) is 0 Å². The number of anilines is 2. The summed E-state index contributed by atoms with van der Waals surface area (Å²) in [4.78, 5) is 5.97. The van der Waals surface area contributed by atoms with E-state index in [2.05, 4.69) is 53.7 Å². The van der Waals surface area contributed by atoms with Crippen LogP contribution in [0.1, 0.15) is 46.5 Å². The number of aromatic amines is 1. The van der Waals surface area contributed by atoms with Crippen LogP contribution in [0.5, 0.6) is 0 Å². The zero-order valence-electron chi connectivity index (χ0n) is 16.0. The van der Waals surface area contributed by atoms with Gasteiger partial charge >= 0.3 is 0 Å². The van der Waals surface area contributed by atoms with E-state index in [1.807, 2.05) is 6.07 Å².